The van der Waals surface area contributed by atoms with Crippen molar-refractivity contribution in [1.82, 2.24) is 20.1 Å². The molecule has 1 aromatic heterocycles. The average Bonchev–Trinajstić information content (AvgIpc) is 3.04. The summed E-state index contributed by atoms with van der Waals surface area (Å²) in [7, 11) is 2.15. The maximum Gasteiger partial charge on any atom is 0.162 e. The molecule has 1 atom stereocenters. The number of hydrogen-bond donors (Lipinski definition) is 1. The Kier molecular flexibility index (Phi) is 5.12. The van der Waals surface area contributed by atoms with Gasteiger partial charge in [0.25, 0.3) is 0 Å². The molecule has 0 amide bonds. The van der Waals surface area contributed by atoms with Crippen LogP contribution < -0.4 is 9.47 Å². The second-order valence-corrected chi connectivity index (χ2v) is 5.93. The van der Waals surface area contributed by atoms with Gasteiger partial charge in [-0.3, -0.25) is 5.10 Å². The van der Waals surface area contributed by atoms with Crippen LogP contribution in [0, 0.1) is 0 Å². The number of likely N-dealkylation sites (N-methyl/N-ethyl adjacent to an activating group) is 1. The minimum absolute atomic E-state index is 0.392. The van der Waals surface area contributed by atoms with Crippen LogP contribution in [0.3, 0.4) is 0 Å². The van der Waals surface area contributed by atoms with Gasteiger partial charge in [-0.2, -0.15) is 5.10 Å². The molecule has 1 aliphatic rings. The van der Waals surface area contributed by atoms with E-state index in [0.29, 0.717) is 19.1 Å². The fraction of sp³-hybridized carbons (Fsp3) is 0.529. The number of piperidine rings is 1. The summed E-state index contributed by atoms with van der Waals surface area (Å²) in [5.74, 6) is 3.74. The van der Waals surface area contributed by atoms with Crippen LogP contribution >= 0.6 is 0 Å². The first-order valence-electron chi connectivity index (χ1n) is 8.20. The van der Waals surface area contributed by atoms with Crippen molar-refractivity contribution in [2.75, 3.05) is 26.7 Å². The molecule has 1 saturated heterocycles. The van der Waals surface area contributed by atoms with Gasteiger partial charge in [-0.15, -0.1) is 0 Å². The first kappa shape index (κ1) is 15.8. The van der Waals surface area contributed by atoms with E-state index < -0.39 is 0 Å². The molecule has 1 aliphatic heterocycles. The summed E-state index contributed by atoms with van der Waals surface area (Å²) in [5, 5.41) is 7.35. The number of hydrogen-bond acceptors (Lipinski definition) is 5. The SMILES string of the molecule is CCOc1ccc(OCc2nc(C3CCCN(C)C3)n[nH]2)cc1. The number of benzene rings is 1. The highest BCUT2D eigenvalue weighted by molar-refractivity contribution is 5.31. The molecular formula is C17H24N4O2. The summed E-state index contributed by atoms with van der Waals surface area (Å²) < 4.78 is 11.2. The van der Waals surface area contributed by atoms with E-state index in [1.54, 1.807) is 0 Å². The van der Waals surface area contributed by atoms with Gasteiger partial charge in [0.05, 0.1) is 6.61 Å². The third kappa shape index (κ3) is 4.22. The van der Waals surface area contributed by atoms with Gasteiger partial charge in [0, 0.05) is 12.5 Å². The second kappa shape index (κ2) is 7.46. The third-order valence-corrected chi connectivity index (χ3v) is 4.05. The topological polar surface area (TPSA) is 63.3 Å². The molecule has 1 N–H and O–H groups in total. The van der Waals surface area contributed by atoms with Crippen molar-refractivity contribution in [3.63, 3.8) is 0 Å². The van der Waals surface area contributed by atoms with E-state index in [1.165, 1.54) is 6.42 Å². The normalized spacial score (nSPS) is 18.8. The maximum absolute atomic E-state index is 5.75. The molecule has 6 heteroatoms. The highest BCUT2D eigenvalue weighted by Gasteiger charge is 2.22. The lowest BCUT2D eigenvalue weighted by atomic mass is 9.98. The molecule has 1 fully saturated rings. The van der Waals surface area contributed by atoms with Crippen molar-refractivity contribution in [2.45, 2.75) is 32.3 Å². The zero-order valence-corrected chi connectivity index (χ0v) is 13.8. The first-order chi connectivity index (χ1) is 11.2. The minimum atomic E-state index is 0.392. The Bertz CT molecular complexity index is 611. The molecule has 1 aromatic carbocycles. The van der Waals surface area contributed by atoms with Crippen molar-refractivity contribution in [3.05, 3.63) is 35.9 Å². The first-order valence-corrected chi connectivity index (χ1v) is 8.20. The van der Waals surface area contributed by atoms with Crippen LogP contribution in [0.5, 0.6) is 11.5 Å². The standard InChI is InChI=1S/C17H24N4O2/c1-3-22-14-6-8-15(9-7-14)23-12-16-18-17(20-19-16)13-5-4-10-21(2)11-13/h6-9,13H,3-5,10-12H2,1-2H3,(H,18,19,20). The van der Waals surface area contributed by atoms with Crippen molar-refractivity contribution in [1.29, 1.82) is 0 Å². The molecule has 6 nitrogen and oxygen atoms in total. The van der Waals surface area contributed by atoms with Crippen LogP contribution in [-0.4, -0.2) is 46.8 Å². The third-order valence-electron chi connectivity index (χ3n) is 4.05. The summed E-state index contributed by atoms with van der Waals surface area (Å²) in [6.45, 7) is 5.21. The van der Waals surface area contributed by atoms with Gasteiger partial charge in [-0.25, -0.2) is 4.98 Å². The van der Waals surface area contributed by atoms with Gasteiger partial charge in [0.1, 0.15) is 18.1 Å². The molecule has 0 radical (unpaired) electrons. The van der Waals surface area contributed by atoms with E-state index in [1.807, 2.05) is 31.2 Å². The van der Waals surface area contributed by atoms with Crippen molar-refractivity contribution >= 4 is 0 Å². The molecule has 23 heavy (non-hydrogen) atoms. The minimum Gasteiger partial charge on any atom is -0.494 e. The van der Waals surface area contributed by atoms with Crippen LogP contribution in [0.4, 0.5) is 0 Å². The molecular weight excluding hydrogens is 292 g/mol. The van der Waals surface area contributed by atoms with Gasteiger partial charge in [-0.05, 0) is 57.6 Å². The molecule has 0 bridgehead atoms. The quantitative estimate of drug-likeness (QED) is 0.887. The van der Waals surface area contributed by atoms with Gasteiger partial charge in [0.15, 0.2) is 11.6 Å². The van der Waals surface area contributed by atoms with Crippen molar-refractivity contribution in [3.8, 4) is 11.5 Å². The van der Waals surface area contributed by atoms with Gasteiger partial charge >= 0.3 is 0 Å². The van der Waals surface area contributed by atoms with Crippen molar-refractivity contribution < 1.29 is 9.47 Å². The largest absolute Gasteiger partial charge is 0.494 e. The van der Waals surface area contributed by atoms with E-state index in [4.69, 9.17) is 9.47 Å². The highest BCUT2D eigenvalue weighted by atomic mass is 16.5. The predicted molar refractivity (Wildman–Crippen MR) is 87.8 cm³/mol. The summed E-state index contributed by atoms with van der Waals surface area (Å²) in [4.78, 5) is 6.92. The Morgan fingerprint density at radius 2 is 1.96 bits per heavy atom. The van der Waals surface area contributed by atoms with E-state index in [9.17, 15) is 0 Å². The molecule has 0 spiro atoms. The number of H-pyrrole nitrogens is 1. The number of nitrogens with one attached hydrogen (secondary N) is 1. The van der Waals surface area contributed by atoms with E-state index in [2.05, 4.69) is 27.1 Å². The summed E-state index contributed by atoms with van der Waals surface area (Å²) in [5.41, 5.74) is 0. The fourth-order valence-corrected chi connectivity index (χ4v) is 2.88. The van der Waals surface area contributed by atoms with E-state index in [0.717, 1.165) is 42.7 Å². The Balaban J connectivity index is 1.54. The second-order valence-electron chi connectivity index (χ2n) is 5.93. The zero-order valence-electron chi connectivity index (χ0n) is 13.8. The Hall–Kier alpha value is -2.08. The molecule has 3 rings (SSSR count). The van der Waals surface area contributed by atoms with Gasteiger partial charge in [-0.1, -0.05) is 0 Å². The van der Waals surface area contributed by atoms with E-state index >= 15 is 0 Å². The highest BCUT2D eigenvalue weighted by Crippen LogP contribution is 2.23. The zero-order chi connectivity index (χ0) is 16.1. The van der Waals surface area contributed by atoms with Crippen LogP contribution in [-0.2, 0) is 6.61 Å². The van der Waals surface area contributed by atoms with Crippen LogP contribution in [0.2, 0.25) is 0 Å². The molecule has 124 valence electrons. The average molecular weight is 316 g/mol. The molecule has 0 saturated carbocycles. The van der Waals surface area contributed by atoms with Crippen LogP contribution in [0.25, 0.3) is 0 Å². The maximum atomic E-state index is 5.75. The number of likely N-dealkylation sites (tertiary alicyclic amines) is 1. The van der Waals surface area contributed by atoms with E-state index in [-0.39, 0.29) is 0 Å². The van der Waals surface area contributed by atoms with Crippen LogP contribution in [0.1, 0.15) is 37.3 Å². The molecule has 1 unspecified atom stereocenters. The number of aromatic nitrogens is 3. The fourth-order valence-electron chi connectivity index (χ4n) is 2.88. The summed E-state index contributed by atoms with van der Waals surface area (Å²) in [6, 6.07) is 7.61. The number of rotatable bonds is 6. The molecule has 2 heterocycles. The lowest BCUT2D eigenvalue weighted by Gasteiger charge is -2.27. The summed E-state index contributed by atoms with van der Waals surface area (Å²) >= 11 is 0. The Morgan fingerprint density at radius 3 is 2.65 bits per heavy atom. The number of nitrogens with zero attached hydrogens (tertiary/aromatic N) is 3. The lowest BCUT2D eigenvalue weighted by Crippen LogP contribution is -2.31. The Labute approximate surface area is 136 Å². The molecule has 0 aliphatic carbocycles. The van der Waals surface area contributed by atoms with Crippen LogP contribution in [0.15, 0.2) is 24.3 Å². The van der Waals surface area contributed by atoms with Crippen molar-refractivity contribution in [2.24, 2.45) is 0 Å². The lowest BCUT2D eigenvalue weighted by molar-refractivity contribution is 0.245. The predicted octanol–water partition coefficient (Wildman–Crippen LogP) is 2.59. The monoisotopic (exact) mass is 316 g/mol. The smallest absolute Gasteiger partial charge is 0.162 e. The molecule has 2 aromatic rings. The van der Waals surface area contributed by atoms with Gasteiger partial charge < -0.3 is 14.4 Å². The number of ether oxygens (including phenoxy) is 2. The number of aromatic amines is 1. The summed E-state index contributed by atoms with van der Waals surface area (Å²) in [6.07, 6.45) is 2.36. The van der Waals surface area contributed by atoms with Gasteiger partial charge in [0.2, 0.25) is 0 Å². The Morgan fingerprint density at radius 1 is 1.22 bits per heavy atom.